The Kier molecular flexibility index (Phi) is 6.50. The van der Waals surface area contributed by atoms with Crippen molar-refractivity contribution in [2.75, 3.05) is 6.61 Å². The molecule has 0 saturated carbocycles. The van der Waals surface area contributed by atoms with Gasteiger partial charge in [0.15, 0.2) is 5.79 Å². The maximum Gasteiger partial charge on any atom is 0.166 e. The van der Waals surface area contributed by atoms with Gasteiger partial charge in [-0.15, -0.1) is 0 Å². The van der Waals surface area contributed by atoms with Crippen molar-refractivity contribution in [3.05, 3.63) is 24.3 Å². The molecular formula is C12H22O2. The van der Waals surface area contributed by atoms with Crippen LogP contribution < -0.4 is 0 Å². The van der Waals surface area contributed by atoms with E-state index in [4.69, 9.17) is 4.74 Å². The molecule has 0 aliphatic rings. The fourth-order valence-electron chi connectivity index (χ4n) is 1.09. The molecule has 0 aromatic heterocycles. The number of ether oxygens (including phenoxy) is 1. The molecule has 0 fully saturated rings. The quantitative estimate of drug-likeness (QED) is 0.525. The second-order valence-corrected chi connectivity index (χ2v) is 3.76. The fourth-order valence-corrected chi connectivity index (χ4v) is 1.09. The Hall–Kier alpha value is -0.600. The van der Waals surface area contributed by atoms with Gasteiger partial charge >= 0.3 is 0 Å². The number of aliphatic hydroxyl groups is 1. The Morgan fingerprint density at radius 3 is 2.50 bits per heavy atom. The maximum atomic E-state index is 9.77. The Balaban J connectivity index is 3.85. The van der Waals surface area contributed by atoms with E-state index in [9.17, 15) is 5.11 Å². The van der Waals surface area contributed by atoms with Crippen molar-refractivity contribution in [3.63, 3.8) is 0 Å². The average Bonchev–Trinajstić information content (AvgIpc) is 2.13. The third-order valence-corrected chi connectivity index (χ3v) is 1.91. The van der Waals surface area contributed by atoms with Crippen LogP contribution in [0.25, 0.3) is 0 Å². The molecule has 0 rings (SSSR count). The molecule has 0 heterocycles. The van der Waals surface area contributed by atoms with E-state index in [2.05, 4.69) is 13.0 Å². The lowest BCUT2D eigenvalue weighted by Gasteiger charge is -2.23. The smallest absolute Gasteiger partial charge is 0.166 e. The van der Waals surface area contributed by atoms with Crippen LogP contribution in [0, 0.1) is 5.92 Å². The van der Waals surface area contributed by atoms with Gasteiger partial charge < -0.3 is 9.84 Å². The van der Waals surface area contributed by atoms with Gasteiger partial charge in [0.1, 0.15) is 0 Å². The molecule has 0 saturated heterocycles. The minimum atomic E-state index is -1.04. The van der Waals surface area contributed by atoms with E-state index in [0.29, 0.717) is 18.9 Å². The normalized spacial score (nSPS) is 18.9. The minimum absolute atomic E-state index is 0.345. The van der Waals surface area contributed by atoms with Crippen molar-refractivity contribution >= 4 is 0 Å². The second kappa shape index (κ2) is 6.80. The van der Waals surface area contributed by atoms with Crippen LogP contribution in [0.4, 0.5) is 0 Å². The van der Waals surface area contributed by atoms with Gasteiger partial charge in [-0.05, 0) is 26.7 Å². The minimum Gasteiger partial charge on any atom is -0.365 e. The fraction of sp³-hybridized carbons (Fsp3) is 0.667. The van der Waals surface area contributed by atoms with Gasteiger partial charge in [0.2, 0.25) is 0 Å². The van der Waals surface area contributed by atoms with Crippen LogP contribution in [-0.2, 0) is 4.74 Å². The summed E-state index contributed by atoms with van der Waals surface area (Å²) in [6, 6.07) is 0. The van der Waals surface area contributed by atoms with Crippen molar-refractivity contribution in [1.29, 1.82) is 0 Å². The Morgan fingerprint density at radius 2 is 2.00 bits per heavy atom. The van der Waals surface area contributed by atoms with Crippen LogP contribution in [0.5, 0.6) is 0 Å². The van der Waals surface area contributed by atoms with E-state index < -0.39 is 5.79 Å². The molecule has 14 heavy (non-hydrogen) atoms. The zero-order valence-corrected chi connectivity index (χ0v) is 9.66. The molecule has 0 aliphatic carbocycles. The molecule has 82 valence electrons. The summed E-state index contributed by atoms with van der Waals surface area (Å²) in [5.74, 6) is -0.695. The lowest BCUT2D eigenvalue weighted by Crippen LogP contribution is -2.29. The Bertz CT molecular complexity index is 192. The highest BCUT2D eigenvalue weighted by atomic mass is 16.6. The molecule has 1 N–H and O–H groups in total. The summed E-state index contributed by atoms with van der Waals surface area (Å²) >= 11 is 0. The first kappa shape index (κ1) is 13.4. The van der Waals surface area contributed by atoms with Crippen LogP contribution in [0.1, 0.15) is 34.1 Å². The number of rotatable bonds is 6. The van der Waals surface area contributed by atoms with Gasteiger partial charge in [0.05, 0.1) is 6.61 Å². The molecule has 2 unspecified atom stereocenters. The molecule has 2 heteroatoms. The molecule has 0 aromatic carbocycles. The molecule has 0 amide bonds. The second-order valence-electron chi connectivity index (χ2n) is 3.76. The third kappa shape index (κ3) is 6.87. The molecule has 0 spiro atoms. The van der Waals surface area contributed by atoms with Crippen LogP contribution >= 0.6 is 0 Å². The van der Waals surface area contributed by atoms with E-state index in [1.54, 1.807) is 6.92 Å². The number of allylic oxidation sites excluding steroid dienone is 2. The molecule has 2 atom stereocenters. The third-order valence-electron chi connectivity index (χ3n) is 1.91. The molecular weight excluding hydrogens is 176 g/mol. The monoisotopic (exact) mass is 198 g/mol. The van der Waals surface area contributed by atoms with E-state index in [-0.39, 0.29) is 0 Å². The summed E-state index contributed by atoms with van der Waals surface area (Å²) in [4.78, 5) is 0. The van der Waals surface area contributed by atoms with Gasteiger partial charge in [-0.25, -0.2) is 0 Å². The number of hydrogen-bond acceptors (Lipinski definition) is 2. The highest BCUT2D eigenvalue weighted by Gasteiger charge is 2.19. The lowest BCUT2D eigenvalue weighted by atomic mass is 10.1. The number of hydrogen-bond donors (Lipinski definition) is 1. The van der Waals surface area contributed by atoms with E-state index in [1.165, 1.54) is 0 Å². The summed E-state index contributed by atoms with van der Waals surface area (Å²) in [5, 5.41) is 9.77. The first-order chi connectivity index (χ1) is 6.52. The molecule has 2 nitrogen and oxygen atoms in total. The maximum absolute atomic E-state index is 9.77. The van der Waals surface area contributed by atoms with E-state index in [0.717, 1.165) is 0 Å². The predicted octanol–water partition coefficient (Wildman–Crippen LogP) is 2.89. The Labute approximate surface area is 87.3 Å². The van der Waals surface area contributed by atoms with Crippen LogP contribution in [-0.4, -0.2) is 17.5 Å². The molecule has 0 radical (unpaired) electrons. The molecule has 0 aliphatic heterocycles. The first-order valence-electron chi connectivity index (χ1n) is 5.12. The predicted molar refractivity (Wildman–Crippen MR) is 60.0 cm³/mol. The van der Waals surface area contributed by atoms with Gasteiger partial charge in [0.25, 0.3) is 0 Å². The Morgan fingerprint density at radius 1 is 1.36 bits per heavy atom. The summed E-state index contributed by atoms with van der Waals surface area (Å²) in [7, 11) is 0. The van der Waals surface area contributed by atoms with Crippen molar-refractivity contribution in [2.45, 2.75) is 39.9 Å². The van der Waals surface area contributed by atoms with Crippen molar-refractivity contribution in [1.82, 2.24) is 0 Å². The van der Waals surface area contributed by atoms with Crippen molar-refractivity contribution < 1.29 is 9.84 Å². The van der Waals surface area contributed by atoms with Crippen LogP contribution in [0.2, 0.25) is 0 Å². The van der Waals surface area contributed by atoms with E-state index >= 15 is 0 Å². The highest BCUT2D eigenvalue weighted by molar-refractivity contribution is 4.85. The highest BCUT2D eigenvalue weighted by Crippen LogP contribution is 2.14. The lowest BCUT2D eigenvalue weighted by molar-refractivity contribution is -0.191. The SMILES string of the molecule is CC=CCC(C)(O)OCC(C)C=CC. The zero-order valence-electron chi connectivity index (χ0n) is 9.66. The summed E-state index contributed by atoms with van der Waals surface area (Å²) in [6.45, 7) is 8.21. The first-order valence-corrected chi connectivity index (χ1v) is 5.12. The largest absolute Gasteiger partial charge is 0.365 e. The van der Waals surface area contributed by atoms with Gasteiger partial charge in [-0.2, -0.15) is 0 Å². The van der Waals surface area contributed by atoms with Crippen LogP contribution in [0.15, 0.2) is 24.3 Å². The van der Waals surface area contributed by atoms with Gasteiger partial charge in [-0.3, -0.25) is 0 Å². The van der Waals surface area contributed by atoms with Gasteiger partial charge in [-0.1, -0.05) is 31.2 Å². The van der Waals surface area contributed by atoms with E-state index in [1.807, 2.05) is 32.1 Å². The van der Waals surface area contributed by atoms with Gasteiger partial charge in [0, 0.05) is 6.42 Å². The topological polar surface area (TPSA) is 29.5 Å². The average molecular weight is 198 g/mol. The standard InChI is InChI=1S/C12H22O2/c1-5-7-9-12(4,13)14-10-11(3)8-6-2/h5-8,11,13H,9-10H2,1-4H3. The van der Waals surface area contributed by atoms with Crippen molar-refractivity contribution in [3.8, 4) is 0 Å². The van der Waals surface area contributed by atoms with Crippen LogP contribution in [0.3, 0.4) is 0 Å². The molecule has 0 bridgehead atoms. The summed E-state index contributed by atoms with van der Waals surface area (Å²) in [6.07, 6.45) is 8.40. The summed E-state index contributed by atoms with van der Waals surface area (Å²) in [5.41, 5.74) is 0. The molecule has 0 aromatic rings. The summed E-state index contributed by atoms with van der Waals surface area (Å²) < 4.78 is 5.40. The zero-order chi connectivity index (χ0) is 11.0. The van der Waals surface area contributed by atoms with Crippen molar-refractivity contribution in [2.24, 2.45) is 5.92 Å².